The molecule has 4 aromatic rings. The SMILES string of the molecule is COc1ccc(-c2ccnc3nc(-c4cccc(S(C)(=O)=O)c4)[nH]c23)cc1. The van der Waals surface area contributed by atoms with E-state index >= 15 is 0 Å². The second kappa shape index (κ2) is 6.51. The largest absolute Gasteiger partial charge is 0.497 e. The van der Waals surface area contributed by atoms with Crippen molar-refractivity contribution in [2.75, 3.05) is 13.4 Å². The Labute approximate surface area is 156 Å². The highest BCUT2D eigenvalue weighted by atomic mass is 32.2. The summed E-state index contributed by atoms with van der Waals surface area (Å²) < 4.78 is 28.9. The monoisotopic (exact) mass is 379 g/mol. The van der Waals surface area contributed by atoms with Gasteiger partial charge in [-0.3, -0.25) is 0 Å². The lowest BCUT2D eigenvalue weighted by Gasteiger charge is -2.04. The minimum Gasteiger partial charge on any atom is -0.497 e. The van der Waals surface area contributed by atoms with E-state index in [0.717, 1.165) is 22.4 Å². The van der Waals surface area contributed by atoms with Gasteiger partial charge in [0, 0.05) is 23.6 Å². The van der Waals surface area contributed by atoms with Gasteiger partial charge in [0.2, 0.25) is 0 Å². The lowest BCUT2D eigenvalue weighted by Crippen LogP contribution is -1.97. The van der Waals surface area contributed by atoms with Gasteiger partial charge in [-0.25, -0.2) is 18.4 Å². The Morgan fingerprint density at radius 2 is 1.78 bits per heavy atom. The first-order valence-electron chi connectivity index (χ1n) is 8.25. The number of fused-ring (bicyclic) bond motifs is 1. The molecule has 0 aliphatic heterocycles. The molecular formula is C20H17N3O3S. The molecule has 0 fully saturated rings. The molecule has 6 nitrogen and oxygen atoms in total. The summed E-state index contributed by atoms with van der Waals surface area (Å²) in [5, 5.41) is 0. The van der Waals surface area contributed by atoms with Crippen LogP contribution in [0.1, 0.15) is 0 Å². The zero-order valence-corrected chi connectivity index (χ0v) is 15.6. The van der Waals surface area contributed by atoms with E-state index in [1.807, 2.05) is 36.4 Å². The highest BCUT2D eigenvalue weighted by Crippen LogP contribution is 2.30. The molecule has 0 aliphatic carbocycles. The van der Waals surface area contributed by atoms with Crippen molar-refractivity contribution in [1.29, 1.82) is 0 Å². The van der Waals surface area contributed by atoms with Crippen LogP contribution >= 0.6 is 0 Å². The number of pyridine rings is 1. The first-order valence-corrected chi connectivity index (χ1v) is 10.1. The molecule has 136 valence electrons. The maximum atomic E-state index is 11.8. The molecule has 2 heterocycles. The van der Waals surface area contributed by atoms with Gasteiger partial charge in [0.05, 0.1) is 17.5 Å². The number of aromatic nitrogens is 3. The van der Waals surface area contributed by atoms with E-state index in [1.165, 1.54) is 6.26 Å². The number of nitrogens with one attached hydrogen (secondary N) is 1. The summed E-state index contributed by atoms with van der Waals surface area (Å²) in [5.74, 6) is 1.36. The molecule has 0 atom stereocenters. The number of nitrogens with zero attached hydrogens (tertiary/aromatic N) is 2. The molecule has 0 amide bonds. The van der Waals surface area contributed by atoms with Crippen molar-refractivity contribution < 1.29 is 13.2 Å². The van der Waals surface area contributed by atoms with Gasteiger partial charge in [-0.2, -0.15) is 0 Å². The summed E-state index contributed by atoms with van der Waals surface area (Å²) >= 11 is 0. The normalized spacial score (nSPS) is 11.6. The van der Waals surface area contributed by atoms with Crippen LogP contribution in [0.15, 0.2) is 65.7 Å². The Kier molecular flexibility index (Phi) is 4.16. The van der Waals surface area contributed by atoms with Crippen LogP contribution in [0, 0.1) is 0 Å². The van der Waals surface area contributed by atoms with Crippen LogP contribution in [0.2, 0.25) is 0 Å². The number of H-pyrrole nitrogens is 1. The lowest BCUT2D eigenvalue weighted by atomic mass is 10.1. The van der Waals surface area contributed by atoms with Crippen molar-refractivity contribution in [2.24, 2.45) is 0 Å². The topological polar surface area (TPSA) is 84.9 Å². The molecule has 0 saturated carbocycles. The Hall–Kier alpha value is -3.19. The van der Waals surface area contributed by atoms with Crippen molar-refractivity contribution in [3.05, 3.63) is 60.8 Å². The predicted molar refractivity (Wildman–Crippen MR) is 104 cm³/mol. The molecule has 2 aromatic carbocycles. The molecular weight excluding hydrogens is 362 g/mol. The minimum absolute atomic E-state index is 0.254. The van der Waals surface area contributed by atoms with Gasteiger partial charge >= 0.3 is 0 Å². The van der Waals surface area contributed by atoms with E-state index in [-0.39, 0.29) is 4.90 Å². The smallest absolute Gasteiger partial charge is 0.178 e. The Morgan fingerprint density at radius 1 is 1.00 bits per heavy atom. The third-order valence-corrected chi connectivity index (χ3v) is 5.44. The standard InChI is InChI=1S/C20H17N3O3S/c1-26-15-8-6-13(7-9-15)17-10-11-21-20-18(17)22-19(23-20)14-4-3-5-16(12-14)27(2,24)25/h3-12H,1-2H3,(H,21,22,23). The van der Waals surface area contributed by atoms with Gasteiger partial charge < -0.3 is 9.72 Å². The van der Waals surface area contributed by atoms with Crippen LogP contribution in [0.5, 0.6) is 5.75 Å². The second-order valence-corrected chi connectivity index (χ2v) is 8.19. The van der Waals surface area contributed by atoms with E-state index in [1.54, 1.807) is 31.5 Å². The van der Waals surface area contributed by atoms with Crippen LogP contribution < -0.4 is 4.74 Å². The van der Waals surface area contributed by atoms with Gasteiger partial charge in [0.15, 0.2) is 15.5 Å². The number of hydrogen-bond acceptors (Lipinski definition) is 5. The van der Waals surface area contributed by atoms with Gasteiger partial charge in [0.1, 0.15) is 11.6 Å². The highest BCUT2D eigenvalue weighted by molar-refractivity contribution is 7.90. The van der Waals surface area contributed by atoms with E-state index < -0.39 is 9.84 Å². The average molecular weight is 379 g/mol. The fourth-order valence-corrected chi connectivity index (χ4v) is 3.60. The number of methoxy groups -OCH3 is 1. The number of benzene rings is 2. The van der Waals surface area contributed by atoms with Crippen molar-refractivity contribution in [2.45, 2.75) is 4.90 Å². The maximum Gasteiger partial charge on any atom is 0.178 e. The quantitative estimate of drug-likeness (QED) is 0.584. The Balaban J connectivity index is 1.84. The van der Waals surface area contributed by atoms with Crippen molar-refractivity contribution in [1.82, 2.24) is 15.0 Å². The van der Waals surface area contributed by atoms with Crippen molar-refractivity contribution in [3.63, 3.8) is 0 Å². The first kappa shape index (κ1) is 17.2. The molecule has 7 heteroatoms. The van der Waals surface area contributed by atoms with Gasteiger partial charge in [-0.15, -0.1) is 0 Å². The van der Waals surface area contributed by atoms with E-state index in [4.69, 9.17) is 4.74 Å². The third-order valence-electron chi connectivity index (χ3n) is 4.33. The van der Waals surface area contributed by atoms with Crippen LogP contribution in [0.3, 0.4) is 0 Å². The summed E-state index contributed by atoms with van der Waals surface area (Å²) in [6.45, 7) is 0. The summed E-state index contributed by atoms with van der Waals surface area (Å²) in [6, 6.07) is 16.4. The Bertz CT molecular complexity index is 1230. The first-order chi connectivity index (χ1) is 13.0. The molecule has 27 heavy (non-hydrogen) atoms. The number of sulfone groups is 1. The number of imidazole rings is 1. The van der Waals surface area contributed by atoms with Gasteiger partial charge in [0.25, 0.3) is 0 Å². The van der Waals surface area contributed by atoms with Crippen LogP contribution in [-0.2, 0) is 9.84 Å². The minimum atomic E-state index is -3.29. The number of ether oxygens (including phenoxy) is 1. The Morgan fingerprint density at radius 3 is 2.48 bits per heavy atom. The van der Waals surface area contributed by atoms with Gasteiger partial charge in [-0.1, -0.05) is 24.3 Å². The van der Waals surface area contributed by atoms with E-state index in [2.05, 4.69) is 15.0 Å². The van der Waals surface area contributed by atoms with Crippen molar-refractivity contribution >= 4 is 21.0 Å². The van der Waals surface area contributed by atoms with E-state index in [9.17, 15) is 8.42 Å². The maximum absolute atomic E-state index is 11.8. The molecule has 0 radical (unpaired) electrons. The fraction of sp³-hybridized carbons (Fsp3) is 0.100. The van der Waals surface area contributed by atoms with Crippen LogP contribution in [-0.4, -0.2) is 36.7 Å². The summed E-state index contributed by atoms with van der Waals surface area (Å²) in [5.41, 5.74) is 4.02. The zero-order chi connectivity index (χ0) is 19.0. The molecule has 4 rings (SSSR count). The van der Waals surface area contributed by atoms with Crippen LogP contribution in [0.25, 0.3) is 33.7 Å². The zero-order valence-electron chi connectivity index (χ0n) is 14.8. The van der Waals surface area contributed by atoms with Crippen molar-refractivity contribution in [3.8, 4) is 28.3 Å². The third kappa shape index (κ3) is 3.29. The predicted octanol–water partition coefficient (Wildman–Crippen LogP) is 3.70. The number of aromatic amines is 1. The molecule has 2 aromatic heterocycles. The number of rotatable bonds is 4. The average Bonchev–Trinajstić information content (AvgIpc) is 3.12. The van der Waals surface area contributed by atoms with E-state index in [0.29, 0.717) is 17.0 Å². The molecule has 1 N–H and O–H groups in total. The summed E-state index contributed by atoms with van der Waals surface area (Å²) in [7, 11) is -1.66. The highest BCUT2D eigenvalue weighted by Gasteiger charge is 2.13. The van der Waals surface area contributed by atoms with Crippen LogP contribution in [0.4, 0.5) is 0 Å². The molecule has 0 aliphatic rings. The molecule has 0 spiro atoms. The summed E-state index contributed by atoms with van der Waals surface area (Å²) in [4.78, 5) is 12.4. The molecule has 0 unspecified atom stereocenters. The van der Waals surface area contributed by atoms with Gasteiger partial charge in [-0.05, 0) is 35.9 Å². The second-order valence-electron chi connectivity index (χ2n) is 6.17. The number of hydrogen-bond donors (Lipinski definition) is 1. The lowest BCUT2D eigenvalue weighted by molar-refractivity contribution is 0.415. The molecule has 0 saturated heterocycles. The fourth-order valence-electron chi connectivity index (χ4n) is 2.93. The summed E-state index contributed by atoms with van der Waals surface area (Å²) in [6.07, 6.45) is 2.90. The molecule has 0 bridgehead atoms.